The Morgan fingerprint density at radius 1 is 0.925 bits per heavy atom. The number of carbonyl (C=O) groups is 3. The molecule has 0 bridgehead atoms. The molecule has 6 heterocycles. The first-order chi connectivity index (χ1) is 32.3. The summed E-state index contributed by atoms with van der Waals surface area (Å²) in [6, 6.07) is 13.7. The van der Waals surface area contributed by atoms with Crippen molar-refractivity contribution in [2.24, 2.45) is 0 Å². The number of anilines is 1. The minimum absolute atomic E-state index is 0.00426. The number of alkyl halides is 1. The van der Waals surface area contributed by atoms with E-state index in [0.29, 0.717) is 72.1 Å². The molecule has 9 rings (SSSR count). The molecule has 5 aromatic rings. The third-order valence-corrected chi connectivity index (χ3v) is 14.2. The van der Waals surface area contributed by atoms with Gasteiger partial charge in [-0.25, -0.2) is 18.2 Å². The Morgan fingerprint density at radius 3 is 2.31 bits per heavy atom. The zero-order chi connectivity index (χ0) is 47.0. The molecular formula is C46H49F3N8O9S. The summed E-state index contributed by atoms with van der Waals surface area (Å²) in [5.74, 6) is -2.59. The fourth-order valence-electron chi connectivity index (χ4n) is 9.06. The number of nitrogens with one attached hydrogen (secondary N) is 3. The quantitative estimate of drug-likeness (QED) is 0.0815. The van der Waals surface area contributed by atoms with Crippen molar-refractivity contribution in [1.29, 1.82) is 0 Å². The first kappa shape index (κ1) is 46.0. The summed E-state index contributed by atoms with van der Waals surface area (Å²) in [6.45, 7) is 5.58. The number of imide groups is 1. The molecule has 3 saturated heterocycles. The molecule has 17 nitrogen and oxygen atoms in total. The molecule has 21 heteroatoms. The van der Waals surface area contributed by atoms with Gasteiger partial charge in [0.1, 0.15) is 54.3 Å². The van der Waals surface area contributed by atoms with Crippen LogP contribution in [0.3, 0.4) is 0 Å². The maximum Gasteiger partial charge on any atom is 0.301 e. The summed E-state index contributed by atoms with van der Waals surface area (Å²) in [4.78, 5) is 51.5. The lowest BCUT2D eigenvalue weighted by Gasteiger charge is -2.34. The molecule has 0 spiro atoms. The normalized spacial score (nSPS) is 20.8. The first-order valence-corrected chi connectivity index (χ1v) is 23.4. The van der Waals surface area contributed by atoms with E-state index in [1.165, 1.54) is 13.3 Å². The van der Waals surface area contributed by atoms with E-state index in [1.807, 2.05) is 35.1 Å². The molecule has 4 aliphatic heterocycles. The summed E-state index contributed by atoms with van der Waals surface area (Å²) in [7, 11) is -2.84. The number of aliphatic hydroxyl groups is 1. The number of hydrogen-bond donors (Lipinski definition) is 4. The topological polar surface area (TPSA) is 199 Å². The van der Waals surface area contributed by atoms with Crippen molar-refractivity contribution < 1.29 is 55.3 Å². The number of ketones is 1. The molecule has 0 radical (unpaired) electrons. The number of H-pyrrole nitrogens is 1. The molecule has 67 heavy (non-hydrogen) atoms. The molecule has 0 aliphatic carbocycles. The van der Waals surface area contributed by atoms with Gasteiger partial charge in [-0.15, -0.1) is 0 Å². The summed E-state index contributed by atoms with van der Waals surface area (Å²) < 4.78 is 90.7. The largest absolute Gasteiger partial charge is 0.496 e. The van der Waals surface area contributed by atoms with Gasteiger partial charge in [-0.1, -0.05) is 12.1 Å². The third-order valence-electron chi connectivity index (χ3n) is 12.7. The fourth-order valence-corrected chi connectivity index (χ4v) is 10.3. The Balaban J connectivity index is 0.744. The fraction of sp³-hybridized carbons (Fsp3) is 0.391. The number of halogens is 3. The molecule has 354 valence electrons. The van der Waals surface area contributed by atoms with Crippen LogP contribution in [0.25, 0.3) is 22.2 Å². The minimum Gasteiger partial charge on any atom is -0.496 e. The number of fused-ring (bicyclic) bond motifs is 2. The van der Waals surface area contributed by atoms with E-state index >= 15 is 8.78 Å². The van der Waals surface area contributed by atoms with E-state index in [2.05, 4.69) is 25.1 Å². The second-order valence-electron chi connectivity index (χ2n) is 16.9. The zero-order valence-electron chi connectivity index (χ0n) is 36.5. The van der Waals surface area contributed by atoms with Crippen LogP contribution < -0.4 is 24.2 Å². The van der Waals surface area contributed by atoms with E-state index in [4.69, 9.17) is 14.2 Å². The number of nitrogens with zero attached hydrogens (tertiary/aromatic N) is 5. The highest BCUT2D eigenvalue weighted by atomic mass is 32.2. The highest BCUT2D eigenvalue weighted by Gasteiger charge is 2.41. The van der Waals surface area contributed by atoms with Crippen molar-refractivity contribution in [1.82, 2.24) is 34.3 Å². The van der Waals surface area contributed by atoms with Crippen molar-refractivity contribution >= 4 is 44.5 Å². The van der Waals surface area contributed by atoms with Gasteiger partial charge in [0, 0.05) is 106 Å². The Labute approximate surface area is 384 Å². The summed E-state index contributed by atoms with van der Waals surface area (Å²) in [6.07, 6.45) is 1.04. The molecule has 4 aliphatic rings. The van der Waals surface area contributed by atoms with Crippen LogP contribution in [0.1, 0.15) is 52.5 Å². The summed E-state index contributed by atoms with van der Waals surface area (Å²) in [5, 5.41) is 13.8. The average molecular weight is 947 g/mol. The van der Waals surface area contributed by atoms with Crippen molar-refractivity contribution in [3.63, 3.8) is 0 Å². The number of carbonyl (C=O) groups excluding carboxylic acids is 3. The number of aromatic amines is 1. The van der Waals surface area contributed by atoms with Gasteiger partial charge in [0.05, 0.1) is 24.4 Å². The van der Waals surface area contributed by atoms with Gasteiger partial charge < -0.3 is 24.3 Å². The SMILES string of the molecule is COc1cc(OCCN2CCN(CCOc3ccc(-c4cnc5[nH]cc(C(=O)c6c(F)ccc(NS(=O)(=O)N7CC[C@@H](F)C7)c6F)c5c4)cc3)CC2)cc2c1C(O)N([C@H]1CCC(=O)NC1=O)C2. The molecule has 4 N–H and O–H groups in total. The lowest BCUT2D eigenvalue weighted by atomic mass is 10.00. The predicted molar refractivity (Wildman–Crippen MR) is 238 cm³/mol. The van der Waals surface area contributed by atoms with E-state index in [0.717, 1.165) is 60.3 Å². The molecule has 3 fully saturated rings. The number of piperidine rings is 1. The highest BCUT2D eigenvalue weighted by Crippen LogP contribution is 2.43. The minimum atomic E-state index is -4.36. The van der Waals surface area contributed by atoms with Crippen molar-refractivity contribution in [3.05, 3.63) is 101 Å². The maximum atomic E-state index is 15.7. The van der Waals surface area contributed by atoms with Crippen LogP contribution >= 0.6 is 0 Å². The number of pyridine rings is 1. The average Bonchev–Trinajstić information content (AvgIpc) is 4.05. The van der Waals surface area contributed by atoms with E-state index < -0.39 is 69.8 Å². The number of aromatic nitrogens is 2. The second kappa shape index (κ2) is 19.2. The number of methoxy groups -OCH3 is 1. The van der Waals surface area contributed by atoms with Gasteiger partial charge >= 0.3 is 10.2 Å². The highest BCUT2D eigenvalue weighted by molar-refractivity contribution is 7.90. The van der Waals surface area contributed by atoms with E-state index in [9.17, 15) is 32.3 Å². The third kappa shape index (κ3) is 9.70. The van der Waals surface area contributed by atoms with Crippen LogP contribution in [0, 0.1) is 11.6 Å². The van der Waals surface area contributed by atoms with Crippen molar-refractivity contribution in [2.75, 3.05) is 77.4 Å². The zero-order valence-corrected chi connectivity index (χ0v) is 37.3. The standard InChI is InChI=1S/C46H49F3N8O9S/c1-64-38-22-32(20-29-25-57(46(61)40(29)38)37-8-9-39(58)52-45(37)60)66-19-17-55-14-12-54(13-15-55)16-18-65-31-4-2-27(3-5-31)28-21-33-34(24-51-44(33)50-23-28)43(59)41-35(48)6-7-36(42(41)49)53-67(62,63)56-11-10-30(47)26-56/h2-7,20-24,30,37,46,53,61H,8-19,25-26H2,1H3,(H,50,51)(H,52,58,60)/t30-,37+,46?/m1/s1. The van der Waals surface area contributed by atoms with Gasteiger partial charge in [-0.2, -0.15) is 12.7 Å². The van der Waals surface area contributed by atoms with Crippen LogP contribution in [-0.4, -0.2) is 145 Å². The Hall–Kier alpha value is -6.10. The van der Waals surface area contributed by atoms with Crippen LogP contribution in [0.2, 0.25) is 0 Å². The Kier molecular flexibility index (Phi) is 13.2. The molecule has 2 amide bonds. The molecule has 2 aromatic heterocycles. The second-order valence-corrected chi connectivity index (χ2v) is 18.6. The van der Waals surface area contributed by atoms with Crippen LogP contribution in [0.5, 0.6) is 17.2 Å². The predicted octanol–water partition coefficient (Wildman–Crippen LogP) is 4.14. The Morgan fingerprint density at radius 2 is 1.64 bits per heavy atom. The van der Waals surface area contributed by atoms with Crippen molar-refractivity contribution in [3.8, 4) is 28.4 Å². The van der Waals surface area contributed by atoms with Gasteiger partial charge in [-0.05, 0) is 60.4 Å². The molecule has 3 atom stereocenters. The number of hydrogen-bond acceptors (Lipinski definition) is 13. The number of aliphatic hydroxyl groups excluding tert-OH is 1. The molecule has 0 saturated carbocycles. The maximum absolute atomic E-state index is 15.7. The number of ether oxygens (including phenoxy) is 3. The summed E-state index contributed by atoms with van der Waals surface area (Å²) in [5.41, 5.74) is 1.41. The van der Waals surface area contributed by atoms with E-state index in [-0.39, 0.29) is 30.9 Å². The van der Waals surface area contributed by atoms with Crippen LogP contribution in [0.4, 0.5) is 18.9 Å². The van der Waals surface area contributed by atoms with Crippen LogP contribution in [0.15, 0.2) is 67.0 Å². The lowest BCUT2D eigenvalue weighted by Crippen LogP contribution is -2.51. The number of benzene rings is 3. The molecular weight excluding hydrogens is 898 g/mol. The lowest BCUT2D eigenvalue weighted by molar-refractivity contribution is -0.141. The number of rotatable bonds is 16. The van der Waals surface area contributed by atoms with Crippen molar-refractivity contribution in [2.45, 2.75) is 44.2 Å². The van der Waals surface area contributed by atoms with Gasteiger partial charge in [-0.3, -0.25) is 39.1 Å². The molecule has 1 unspecified atom stereocenters. The first-order valence-electron chi connectivity index (χ1n) is 22.0. The van der Waals surface area contributed by atoms with Gasteiger partial charge in [0.25, 0.3) is 0 Å². The van der Waals surface area contributed by atoms with Crippen LogP contribution in [-0.2, 0) is 26.3 Å². The van der Waals surface area contributed by atoms with Gasteiger partial charge in [0.15, 0.2) is 5.82 Å². The number of amides is 2. The van der Waals surface area contributed by atoms with Gasteiger partial charge in [0.2, 0.25) is 17.6 Å². The number of piperazine rings is 1. The monoisotopic (exact) mass is 946 g/mol. The van der Waals surface area contributed by atoms with E-state index in [1.54, 1.807) is 23.2 Å². The smallest absolute Gasteiger partial charge is 0.301 e. The Bertz CT molecular complexity index is 2810. The molecule has 3 aromatic carbocycles. The summed E-state index contributed by atoms with van der Waals surface area (Å²) >= 11 is 0.